The molecule has 4 heteroatoms. The lowest BCUT2D eigenvalue weighted by molar-refractivity contribution is 0.302. The van der Waals surface area contributed by atoms with Crippen LogP contribution < -0.4 is 11.1 Å². The highest BCUT2D eigenvalue weighted by Gasteiger charge is 2.28. The largest absolute Gasteiger partial charge is 0.383 e. The second-order valence-corrected chi connectivity index (χ2v) is 8.90. The lowest BCUT2D eigenvalue weighted by Crippen LogP contribution is -2.36. The van der Waals surface area contributed by atoms with E-state index in [1.807, 2.05) is 6.92 Å². The summed E-state index contributed by atoms with van der Waals surface area (Å²) in [6.45, 7) is 19.4. The molecule has 1 aromatic heterocycles. The van der Waals surface area contributed by atoms with Crippen LogP contribution in [0.1, 0.15) is 73.2 Å². The van der Waals surface area contributed by atoms with Gasteiger partial charge in [0, 0.05) is 16.5 Å². The molecule has 0 bridgehead atoms. The van der Waals surface area contributed by atoms with Crippen molar-refractivity contribution in [2.75, 3.05) is 11.1 Å². The quantitative estimate of drug-likeness (QED) is 0.872. The van der Waals surface area contributed by atoms with Crippen LogP contribution in [0.5, 0.6) is 0 Å². The third-order valence-electron chi connectivity index (χ3n) is 3.28. The summed E-state index contributed by atoms with van der Waals surface area (Å²) in [4.78, 5) is 9.15. The molecule has 0 saturated heterocycles. The van der Waals surface area contributed by atoms with Gasteiger partial charge < -0.3 is 11.1 Å². The van der Waals surface area contributed by atoms with Crippen molar-refractivity contribution in [1.82, 2.24) is 9.97 Å². The van der Waals surface area contributed by atoms with Gasteiger partial charge in [0.1, 0.15) is 17.5 Å². The topological polar surface area (TPSA) is 63.8 Å². The Labute approximate surface area is 130 Å². The van der Waals surface area contributed by atoms with Crippen molar-refractivity contribution in [3.05, 3.63) is 11.4 Å². The van der Waals surface area contributed by atoms with Crippen LogP contribution in [0.15, 0.2) is 0 Å². The van der Waals surface area contributed by atoms with E-state index < -0.39 is 0 Å². The Bertz CT molecular complexity index is 505. The lowest BCUT2D eigenvalue weighted by Gasteiger charge is -2.34. The molecule has 1 rings (SSSR count). The first-order valence-corrected chi connectivity index (χ1v) is 7.64. The predicted octanol–water partition coefficient (Wildman–Crippen LogP) is 4.29. The van der Waals surface area contributed by atoms with Gasteiger partial charge in [0.15, 0.2) is 0 Å². The fourth-order valence-electron chi connectivity index (χ4n) is 2.68. The van der Waals surface area contributed by atoms with E-state index in [-0.39, 0.29) is 16.4 Å². The molecule has 0 unspecified atom stereocenters. The van der Waals surface area contributed by atoms with Crippen LogP contribution in [0.4, 0.5) is 11.6 Å². The monoisotopic (exact) mass is 292 g/mol. The molecular weight excluding hydrogens is 260 g/mol. The molecule has 1 heterocycles. The molecule has 120 valence electrons. The van der Waals surface area contributed by atoms with Crippen molar-refractivity contribution in [3.63, 3.8) is 0 Å². The zero-order chi connectivity index (χ0) is 16.6. The van der Waals surface area contributed by atoms with Gasteiger partial charge in [-0.1, -0.05) is 41.5 Å². The van der Waals surface area contributed by atoms with Crippen LogP contribution in [0, 0.1) is 12.3 Å². The van der Waals surface area contributed by atoms with Gasteiger partial charge in [-0.25, -0.2) is 9.97 Å². The standard InChI is InChI=1S/C17H32N4/c1-11-12(18)19-14(16(5,6)7)20-13(11)21-17(8,9)10-15(2,3)4/h10H2,1-9H3,(H3,18,19,20,21). The average Bonchev–Trinajstić information content (AvgIpc) is 2.18. The molecule has 0 spiro atoms. The van der Waals surface area contributed by atoms with E-state index in [1.165, 1.54) is 0 Å². The maximum atomic E-state index is 6.07. The fraction of sp³-hybridized carbons (Fsp3) is 0.765. The third kappa shape index (κ3) is 5.18. The summed E-state index contributed by atoms with van der Waals surface area (Å²) >= 11 is 0. The summed E-state index contributed by atoms with van der Waals surface area (Å²) in [5.74, 6) is 2.19. The van der Waals surface area contributed by atoms with Crippen molar-refractivity contribution >= 4 is 11.6 Å². The number of nitrogens with one attached hydrogen (secondary N) is 1. The number of aromatic nitrogens is 2. The Hall–Kier alpha value is -1.32. The molecule has 0 atom stereocenters. The average molecular weight is 292 g/mol. The Morgan fingerprint density at radius 2 is 1.48 bits per heavy atom. The second-order valence-electron chi connectivity index (χ2n) is 8.90. The van der Waals surface area contributed by atoms with Crippen molar-refractivity contribution < 1.29 is 0 Å². The first-order valence-electron chi connectivity index (χ1n) is 7.64. The van der Waals surface area contributed by atoms with E-state index in [2.05, 4.69) is 65.7 Å². The van der Waals surface area contributed by atoms with E-state index in [0.29, 0.717) is 5.82 Å². The number of hydrogen-bond acceptors (Lipinski definition) is 4. The van der Waals surface area contributed by atoms with Gasteiger partial charge >= 0.3 is 0 Å². The van der Waals surface area contributed by atoms with Gasteiger partial charge in [0.05, 0.1) is 0 Å². The van der Waals surface area contributed by atoms with Crippen LogP contribution in [0.25, 0.3) is 0 Å². The number of nitrogens with two attached hydrogens (primary N) is 1. The Kier molecular flexibility index (Phi) is 4.62. The molecule has 21 heavy (non-hydrogen) atoms. The number of rotatable bonds is 3. The van der Waals surface area contributed by atoms with E-state index >= 15 is 0 Å². The summed E-state index contributed by atoms with van der Waals surface area (Å²) in [6, 6.07) is 0. The number of nitrogen functional groups attached to an aromatic ring is 1. The van der Waals surface area contributed by atoms with Crippen LogP contribution in [-0.4, -0.2) is 15.5 Å². The molecule has 0 aromatic carbocycles. The summed E-state index contributed by atoms with van der Waals surface area (Å²) in [6.07, 6.45) is 1.04. The summed E-state index contributed by atoms with van der Waals surface area (Å²) in [7, 11) is 0. The fourth-order valence-corrected chi connectivity index (χ4v) is 2.68. The second kappa shape index (κ2) is 5.47. The molecule has 0 amide bonds. The van der Waals surface area contributed by atoms with Gasteiger partial charge in [-0.3, -0.25) is 0 Å². The smallest absolute Gasteiger partial charge is 0.138 e. The zero-order valence-corrected chi connectivity index (χ0v) is 15.2. The first-order chi connectivity index (χ1) is 9.21. The highest BCUT2D eigenvalue weighted by Crippen LogP contribution is 2.31. The lowest BCUT2D eigenvalue weighted by atomic mass is 9.82. The molecule has 0 aliphatic heterocycles. The van der Waals surface area contributed by atoms with E-state index in [4.69, 9.17) is 10.7 Å². The molecule has 1 aromatic rings. The van der Waals surface area contributed by atoms with Crippen LogP contribution in [-0.2, 0) is 5.41 Å². The van der Waals surface area contributed by atoms with E-state index in [0.717, 1.165) is 23.6 Å². The van der Waals surface area contributed by atoms with Crippen LogP contribution in [0.3, 0.4) is 0 Å². The van der Waals surface area contributed by atoms with Gasteiger partial charge in [0.2, 0.25) is 0 Å². The highest BCUT2D eigenvalue weighted by atomic mass is 15.1. The molecule has 4 nitrogen and oxygen atoms in total. The molecule has 3 N–H and O–H groups in total. The predicted molar refractivity (Wildman–Crippen MR) is 91.7 cm³/mol. The summed E-state index contributed by atoms with van der Waals surface area (Å²) < 4.78 is 0. The molecular formula is C17H32N4. The van der Waals surface area contributed by atoms with Gasteiger partial charge in [-0.2, -0.15) is 0 Å². The molecule has 0 aliphatic carbocycles. The SMILES string of the molecule is Cc1c(N)nc(C(C)(C)C)nc1NC(C)(C)CC(C)(C)C. The van der Waals surface area contributed by atoms with Crippen LogP contribution >= 0.6 is 0 Å². The summed E-state index contributed by atoms with van der Waals surface area (Å²) in [5, 5.41) is 3.57. The minimum atomic E-state index is -0.119. The normalized spacial score (nSPS) is 13.4. The molecule has 0 saturated carbocycles. The van der Waals surface area contributed by atoms with Crippen molar-refractivity contribution in [2.24, 2.45) is 5.41 Å². The molecule has 0 aliphatic rings. The molecule has 0 radical (unpaired) electrons. The van der Waals surface area contributed by atoms with Gasteiger partial charge in [-0.15, -0.1) is 0 Å². The Morgan fingerprint density at radius 3 is 1.90 bits per heavy atom. The van der Waals surface area contributed by atoms with Crippen LogP contribution in [0.2, 0.25) is 0 Å². The first kappa shape index (κ1) is 17.7. The zero-order valence-electron chi connectivity index (χ0n) is 15.2. The van der Waals surface area contributed by atoms with Gasteiger partial charge in [0.25, 0.3) is 0 Å². The Morgan fingerprint density at radius 1 is 0.952 bits per heavy atom. The minimum Gasteiger partial charge on any atom is -0.383 e. The van der Waals surface area contributed by atoms with Crippen molar-refractivity contribution in [2.45, 2.75) is 79.7 Å². The highest BCUT2D eigenvalue weighted by molar-refractivity contribution is 5.56. The van der Waals surface area contributed by atoms with E-state index in [1.54, 1.807) is 0 Å². The maximum Gasteiger partial charge on any atom is 0.138 e. The van der Waals surface area contributed by atoms with Crippen molar-refractivity contribution in [1.29, 1.82) is 0 Å². The van der Waals surface area contributed by atoms with Crippen molar-refractivity contribution in [3.8, 4) is 0 Å². The maximum absolute atomic E-state index is 6.07. The minimum absolute atomic E-state index is 0.0566. The molecule has 0 fully saturated rings. The van der Waals surface area contributed by atoms with E-state index in [9.17, 15) is 0 Å². The number of hydrogen-bond donors (Lipinski definition) is 2. The number of nitrogens with zero attached hydrogens (tertiary/aromatic N) is 2. The number of anilines is 2. The third-order valence-corrected chi connectivity index (χ3v) is 3.28. The van der Waals surface area contributed by atoms with Gasteiger partial charge in [-0.05, 0) is 32.6 Å². The Balaban J connectivity index is 3.16. The summed E-state index contributed by atoms with van der Waals surface area (Å²) in [5.41, 5.74) is 7.07.